The maximum atomic E-state index is 13.6. The molecule has 0 fully saturated rings. The number of nitrogens with one attached hydrogen (secondary N) is 1. The largest absolute Gasteiger partial charge is 0.319 e. The average Bonchev–Trinajstić information content (AvgIpc) is 2.24. The summed E-state index contributed by atoms with van der Waals surface area (Å²) in [7, 11) is 1.69. The molecule has 0 amide bonds. The summed E-state index contributed by atoms with van der Waals surface area (Å²) >= 11 is 0. The highest BCUT2D eigenvalue weighted by Gasteiger charge is 2.23. The van der Waals surface area contributed by atoms with E-state index in [-0.39, 0.29) is 5.56 Å². The summed E-state index contributed by atoms with van der Waals surface area (Å²) in [4.78, 5) is 11.8. The number of aryl methyl sites for hydroxylation is 1. The van der Waals surface area contributed by atoms with Crippen LogP contribution < -0.4 is 5.32 Å². The van der Waals surface area contributed by atoms with E-state index in [2.05, 4.69) is 5.32 Å². The van der Waals surface area contributed by atoms with Gasteiger partial charge in [-0.2, -0.15) is 0 Å². The van der Waals surface area contributed by atoms with Crippen molar-refractivity contribution in [3.8, 4) is 0 Å². The lowest BCUT2D eigenvalue weighted by Gasteiger charge is -2.12. The van der Waals surface area contributed by atoms with Gasteiger partial charge in [0.1, 0.15) is 11.6 Å². The monoisotopic (exact) mass is 227 g/mol. The first-order chi connectivity index (χ1) is 7.49. The summed E-state index contributed by atoms with van der Waals surface area (Å²) in [6.07, 6.45) is 0. The molecule has 0 heterocycles. The Balaban J connectivity index is 3.12. The number of carbonyl (C=O) groups excluding carboxylic acids is 1. The molecule has 0 aliphatic rings. The van der Waals surface area contributed by atoms with E-state index >= 15 is 0 Å². The van der Waals surface area contributed by atoms with Crippen LogP contribution in [0.3, 0.4) is 0 Å². The Hall–Kier alpha value is -1.29. The van der Waals surface area contributed by atoms with Gasteiger partial charge in [-0.25, -0.2) is 8.78 Å². The molecule has 1 atom stereocenters. The van der Waals surface area contributed by atoms with Gasteiger partial charge in [0.05, 0.1) is 5.56 Å². The number of ketones is 1. The maximum Gasteiger partial charge on any atom is 0.172 e. The number of Topliss-reactive ketones (excluding diaryl/α,β-unsaturated/α-hetero) is 1. The van der Waals surface area contributed by atoms with Crippen molar-refractivity contribution >= 4 is 5.78 Å². The molecule has 0 aliphatic heterocycles. The van der Waals surface area contributed by atoms with Crippen molar-refractivity contribution in [1.82, 2.24) is 5.32 Å². The van der Waals surface area contributed by atoms with Crippen LogP contribution in [0.4, 0.5) is 8.78 Å². The van der Waals surface area contributed by atoms with Crippen molar-refractivity contribution in [3.05, 3.63) is 34.9 Å². The zero-order valence-corrected chi connectivity index (χ0v) is 9.60. The molecule has 0 spiro atoms. The van der Waals surface area contributed by atoms with E-state index in [0.717, 1.165) is 6.07 Å². The van der Waals surface area contributed by atoms with Gasteiger partial charge >= 0.3 is 0 Å². The van der Waals surface area contributed by atoms with Crippen molar-refractivity contribution in [2.24, 2.45) is 5.92 Å². The number of carbonyl (C=O) groups is 1. The third-order valence-corrected chi connectivity index (χ3v) is 2.49. The molecule has 1 N–H and O–H groups in total. The van der Waals surface area contributed by atoms with E-state index in [4.69, 9.17) is 0 Å². The highest BCUT2D eigenvalue weighted by Crippen LogP contribution is 2.19. The van der Waals surface area contributed by atoms with Crippen molar-refractivity contribution in [2.45, 2.75) is 13.8 Å². The number of benzene rings is 1. The highest BCUT2D eigenvalue weighted by molar-refractivity contribution is 5.98. The molecular formula is C12H15F2NO. The Morgan fingerprint density at radius 2 is 2.06 bits per heavy atom. The fourth-order valence-corrected chi connectivity index (χ4v) is 1.53. The second-order valence-corrected chi connectivity index (χ2v) is 3.88. The number of halogens is 2. The van der Waals surface area contributed by atoms with Crippen LogP contribution in [0.5, 0.6) is 0 Å². The molecule has 1 aromatic carbocycles. The van der Waals surface area contributed by atoms with E-state index in [0.29, 0.717) is 6.54 Å². The van der Waals surface area contributed by atoms with Crippen LogP contribution in [0.1, 0.15) is 22.8 Å². The Morgan fingerprint density at radius 3 is 2.62 bits per heavy atom. The number of hydrogen-bond acceptors (Lipinski definition) is 2. The van der Waals surface area contributed by atoms with Gasteiger partial charge in [0.25, 0.3) is 0 Å². The molecule has 1 rings (SSSR count). The summed E-state index contributed by atoms with van der Waals surface area (Å²) in [6.45, 7) is 3.54. The first-order valence-corrected chi connectivity index (χ1v) is 5.12. The van der Waals surface area contributed by atoms with Gasteiger partial charge in [0, 0.05) is 12.5 Å². The predicted octanol–water partition coefficient (Wildman–Crippen LogP) is 2.31. The zero-order chi connectivity index (χ0) is 12.3. The van der Waals surface area contributed by atoms with Gasteiger partial charge in [-0.15, -0.1) is 0 Å². The second-order valence-electron chi connectivity index (χ2n) is 3.88. The van der Waals surface area contributed by atoms with Crippen LogP contribution in [0, 0.1) is 24.5 Å². The lowest BCUT2D eigenvalue weighted by atomic mass is 9.97. The second kappa shape index (κ2) is 5.16. The van der Waals surface area contributed by atoms with Crippen molar-refractivity contribution in [2.75, 3.05) is 13.6 Å². The maximum absolute atomic E-state index is 13.6. The topological polar surface area (TPSA) is 29.1 Å². The Morgan fingerprint density at radius 1 is 1.44 bits per heavy atom. The molecule has 0 aliphatic carbocycles. The Labute approximate surface area is 93.7 Å². The summed E-state index contributed by atoms with van der Waals surface area (Å²) in [5, 5.41) is 2.81. The molecule has 0 bridgehead atoms. The molecule has 1 unspecified atom stereocenters. The van der Waals surface area contributed by atoms with Crippen molar-refractivity contribution in [1.29, 1.82) is 0 Å². The molecule has 1 aromatic rings. The zero-order valence-electron chi connectivity index (χ0n) is 9.60. The first-order valence-electron chi connectivity index (χ1n) is 5.12. The van der Waals surface area contributed by atoms with Crippen LogP contribution in [0.15, 0.2) is 12.1 Å². The quantitative estimate of drug-likeness (QED) is 0.800. The predicted molar refractivity (Wildman–Crippen MR) is 58.5 cm³/mol. The van der Waals surface area contributed by atoms with Gasteiger partial charge in [-0.05, 0) is 25.6 Å². The molecule has 16 heavy (non-hydrogen) atoms. The molecule has 4 heteroatoms. The van der Waals surface area contributed by atoms with Crippen LogP contribution in [-0.4, -0.2) is 19.4 Å². The standard InChI is InChI=1S/C12H15F2NO/c1-7-4-5-9(13)10(11(7)14)12(16)8(2)6-15-3/h4-5,8,15H,6H2,1-3H3. The van der Waals surface area contributed by atoms with Crippen molar-refractivity contribution < 1.29 is 13.6 Å². The van der Waals surface area contributed by atoms with E-state index in [1.807, 2.05) is 0 Å². The summed E-state index contributed by atoms with van der Waals surface area (Å²) in [5.41, 5.74) is -0.149. The Bertz CT molecular complexity index is 404. The molecule has 2 nitrogen and oxygen atoms in total. The third-order valence-electron chi connectivity index (χ3n) is 2.49. The molecule has 0 saturated carbocycles. The van der Waals surface area contributed by atoms with Crippen LogP contribution in [-0.2, 0) is 0 Å². The smallest absolute Gasteiger partial charge is 0.172 e. The summed E-state index contributed by atoms with van der Waals surface area (Å²) in [6, 6.07) is 2.45. The fourth-order valence-electron chi connectivity index (χ4n) is 1.53. The number of hydrogen-bond donors (Lipinski definition) is 1. The van der Waals surface area contributed by atoms with E-state index in [1.54, 1.807) is 14.0 Å². The molecule has 88 valence electrons. The van der Waals surface area contributed by atoms with E-state index in [9.17, 15) is 13.6 Å². The molecule has 0 radical (unpaired) electrons. The SMILES string of the molecule is CNCC(C)C(=O)c1c(F)ccc(C)c1F. The average molecular weight is 227 g/mol. The van der Waals surface area contributed by atoms with E-state index < -0.39 is 28.9 Å². The molecular weight excluding hydrogens is 212 g/mol. The van der Waals surface area contributed by atoms with Crippen molar-refractivity contribution in [3.63, 3.8) is 0 Å². The van der Waals surface area contributed by atoms with Gasteiger partial charge < -0.3 is 5.32 Å². The van der Waals surface area contributed by atoms with E-state index in [1.165, 1.54) is 13.0 Å². The normalized spacial score (nSPS) is 12.6. The fraction of sp³-hybridized carbons (Fsp3) is 0.417. The molecule has 0 aromatic heterocycles. The summed E-state index contributed by atoms with van der Waals surface area (Å²) < 4.78 is 27.0. The van der Waals surface area contributed by atoms with Gasteiger partial charge in [-0.1, -0.05) is 13.0 Å². The lowest BCUT2D eigenvalue weighted by molar-refractivity contribution is 0.0921. The first kappa shape index (κ1) is 12.8. The van der Waals surface area contributed by atoms with Gasteiger partial charge in [0.15, 0.2) is 5.78 Å². The lowest BCUT2D eigenvalue weighted by Crippen LogP contribution is -2.25. The van der Waals surface area contributed by atoms with Gasteiger partial charge in [0.2, 0.25) is 0 Å². The highest BCUT2D eigenvalue weighted by atomic mass is 19.1. The molecule has 0 saturated heterocycles. The van der Waals surface area contributed by atoms with Crippen LogP contribution in [0.2, 0.25) is 0 Å². The minimum atomic E-state index is -0.795. The minimum Gasteiger partial charge on any atom is -0.319 e. The third kappa shape index (κ3) is 2.44. The van der Waals surface area contributed by atoms with Crippen LogP contribution >= 0.6 is 0 Å². The van der Waals surface area contributed by atoms with Crippen LogP contribution in [0.25, 0.3) is 0 Å². The minimum absolute atomic E-state index is 0.279. The summed E-state index contributed by atoms with van der Waals surface area (Å²) in [5.74, 6) is -2.51. The van der Waals surface area contributed by atoms with Gasteiger partial charge in [-0.3, -0.25) is 4.79 Å². The Kier molecular flexibility index (Phi) is 4.12. The number of rotatable bonds is 4.